The van der Waals surface area contributed by atoms with E-state index in [4.69, 9.17) is 16.7 Å². The van der Waals surface area contributed by atoms with Gasteiger partial charge in [0.2, 0.25) is 0 Å². The number of carboxylic acid groups (broad SMARTS) is 1. The van der Waals surface area contributed by atoms with Gasteiger partial charge in [-0.05, 0) is 31.0 Å². The Hall–Kier alpha value is -1.55. The van der Waals surface area contributed by atoms with Gasteiger partial charge in [0, 0.05) is 24.4 Å². The minimum atomic E-state index is -0.769. The number of hydrogen-bond acceptors (Lipinski definition) is 2. The van der Waals surface area contributed by atoms with Gasteiger partial charge < -0.3 is 9.67 Å². The van der Waals surface area contributed by atoms with E-state index < -0.39 is 5.97 Å². The molecule has 0 aliphatic rings. The zero-order chi connectivity index (χ0) is 14.0. The lowest BCUT2D eigenvalue weighted by atomic mass is 10.0. The van der Waals surface area contributed by atoms with Crippen LogP contribution in [0.5, 0.6) is 0 Å². The van der Waals surface area contributed by atoms with Gasteiger partial charge in [-0.2, -0.15) is 0 Å². The lowest BCUT2D eigenvalue weighted by Gasteiger charge is -2.10. The molecule has 0 aliphatic heterocycles. The molecule has 0 saturated carbocycles. The Balaban J connectivity index is 2.34. The van der Waals surface area contributed by atoms with E-state index in [2.05, 4.69) is 16.5 Å². The fraction of sp³-hybridized carbons (Fsp3) is 0.429. The smallest absolute Gasteiger partial charge is 0.303 e. The average Bonchev–Trinajstić information content (AvgIpc) is 2.63. The third-order valence-corrected chi connectivity index (χ3v) is 3.39. The first-order chi connectivity index (χ1) is 9.01. The molecule has 0 saturated heterocycles. The van der Waals surface area contributed by atoms with Gasteiger partial charge in [-0.1, -0.05) is 18.5 Å². The van der Waals surface area contributed by atoms with Gasteiger partial charge in [0.15, 0.2) is 0 Å². The summed E-state index contributed by atoms with van der Waals surface area (Å²) in [5.41, 5.74) is 1.91. The van der Waals surface area contributed by atoms with E-state index in [1.165, 1.54) is 0 Å². The van der Waals surface area contributed by atoms with Gasteiger partial charge in [0.25, 0.3) is 0 Å². The largest absolute Gasteiger partial charge is 0.481 e. The standard InChI is InChI=1S/C14H17ClN2O2/c1-3-17-12-5-4-10(15)8-11(12)16-13(17)6-9(2)7-14(18)19/h4-5,8-9H,3,6-7H2,1-2H3,(H,18,19). The molecule has 0 spiro atoms. The molecule has 1 aromatic heterocycles. The maximum Gasteiger partial charge on any atom is 0.303 e. The highest BCUT2D eigenvalue weighted by molar-refractivity contribution is 6.31. The summed E-state index contributed by atoms with van der Waals surface area (Å²) >= 11 is 5.97. The molecule has 2 rings (SSSR count). The summed E-state index contributed by atoms with van der Waals surface area (Å²) in [6.07, 6.45) is 0.820. The quantitative estimate of drug-likeness (QED) is 0.914. The molecule has 0 radical (unpaired) electrons. The predicted molar refractivity (Wildman–Crippen MR) is 75.5 cm³/mol. The van der Waals surface area contributed by atoms with Crippen molar-refractivity contribution in [1.82, 2.24) is 9.55 Å². The summed E-state index contributed by atoms with van der Waals surface area (Å²) < 4.78 is 2.12. The van der Waals surface area contributed by atoms with Crippen molar-refractivity contribution in [3.63, 3.8) is 0 Å². The van der Waals surface area contributed by atoms with E-state index in [1.54, 1.807) is 0 Å². The summed E-state index contributed by atoms with van der Waals surface area (Å²) in [5, 5.41) is 9.49. The van der Waals surface area contributed by atoms with Crippen molar-refractivity contribution >= 4 is 28.6 Å². The van der Waals surface area contributed by atoms with Crippen LogP contribution in [0.4, 0.5) is 0 Å². The van der Waals surface area contributed by atoms with Gasteiger partial charge in [-0.15, -0.1) is 0 Å². The van der Waals surface area contributed by atoms with E-state index in [0.29, 0.717) is 11.4 Å². The number of nitrogens with zero attached hydrogens (tertiary/aromatic N) is 2. The molecular weight excluding hydrogens is 264 g/mol. The van der Waals surface area contributed by atoms with Crippen LogP contribution in [-0.2, 0) is 17.8 Å². The summed E-state index contributed by atoms with van der Waals surface area (Å²) in [7, 11) is 0. The molecule has 5 heteroatoms. The second-order valence-electron chi connectivity index (χ2n) is 4.81. The number of imidazole rings is 1. The minimum Gasteiger partial charge on any atom is -0.481 e. The first-order valence-electron chi connectivity index (χ1n) is 6.37. The molecule has 1 unspecified atom stereocenters. The zero-order valence-electron chi connectivity index (χ0n) is 11.1. The number of aliphatic carboxylic acids is 1. The molecule has 0 amide bonds. The van der Waals surface area contributed by atoms with E-state index in [-0.39, 0.29) is 12.3 Å². The average molecular weight is 281 g/mol. The van der Waals surface area contributed by atoms with E-state index in [1.807, 2.05) is 25.1 Å². The number of carbonyl (C=O) groups is 1. The molecule has 1 aromatic carbocycles. The second kappa shape index (κ2) is 5.61. The summed E-state index contributed by atoms with van der Waals surface area (Å²) in [4.78, 5) is 15.3. The van der Waals surface area contributed by atoms with E-state index >= 15 is 0 Å². The van der Waals surface area contributed by atoms with Crippen molar-refractivity contribution in [2.24, 2.45) is 5.92 Å². The Morgan fingerprint density at radius 3 is 2.89 bits per heavy atom. The Bertz CT molecular complexity index is 607. The molecule has 0 aliphatic carbocycles. The van der Waals surface area contributed by atoms with Crippen LogP contribution in [0.1, 0.15) is 26.1 Å². The van der Waals surface area contributed by atoms with Crippen molar-refractivity contribution < 1.29 is 9.90 Å². The number of carboxylic acids is 1. The Labute approximate surface area is 117 Å². The van der Waals surface area contributed by atoms with E-state index in [9.17, 15) is 4.79 Å². The van der Waals surface area contributed by atoms with Crippen LogP contribution in [-0.4, -0.2) is 20.6 Å². The third-order valence-electron chi connectivity index (χ3n) is 3.16. The zero-order valence-corrected chi connectivity index (χ0v) is 11.8. The van der Waals surface area contributed by atoms with Gasteiger partial charge in [0.1, 0.15) is 5.82 Å². The van der Waals surface area contributed by atoms with Crippen LogP contribution in [0.15, 0.2) is 18.2 Å². The van der Waals surface area contributed by atoms with E-state index in [0.717, 1.165) is 23.4 Å². The third kappa shape index (κ3) is 3.07. The molecule has 1 heterocycles. The lowest BCUT2D eigenvalue weighted by molar-refractivity contribution is -0.137. The molecular formula is C14H17ClN2O2. The topological polar surface area (TPSA) is 55.1 Å². The fourth-order valence-corrected chi connectivity index (χ4v) is 2.51. The van der Waals surface area contributed by atoms with Crippen LogP contribution in [0.3, 0.4) is 0 Å². The monoisotopic (exact) mass is 280 g/mol. The normalized spacial score (nSPS) is 12.8. The first-order valence-corrected chi connectivity index (χ1v) is 6.75. The number of aromatic nitrogens is 2. The Morgan fingerprint density at radius 2 is 2.26 bits per heavy atom. The number of rotatable bonds is 5. The molecule has 4 nitrogen and oxygen atoms in total. The van der Waals surface area contributed by atoms with Gasteiger partial charge in [-0.3, -0.25) is 4.79 Å². The molecule has 1 atom stereocenters. The molecule has 0 fully saturated rings. The maximum atomic E-state index is 10.7. The van der Waals surface area contributed by atoms with Crippen molar-refractivity contribution in [2.75, 3.05) is 0 Å². The number of fused-ring (bicyclic) bond motifs is 1. The van der Waals surface area contributed by atoms with Crippen molar-refractivity contribution in [3.8, 4) is 0 Å². The number of benzene rings is 1. The summed E-state index contributed by atoms with van der Waals surface area (Å²) in [6, 6.07) is 5.65. The molecule has 102 valence electrons. The molecule has 0 bridgehead atoms. The highest BCUT2D eigenvalue weighted by Gasteiger charge is 2.15. The van der Waals surface area contributed by atoms with Gasteiger partial charge >= 0.3 is 5.97 Å². The van der Waals surface area contributed by atoms with Crippen LogP contribution in [0.25, 0.3) is 11.0 Å². The van der Waals surface area contributed by atoms with Crippen molar-refractivity contribution in [2.45, 2.75) is 33.2 Å². The van der Waals surface area contributed by atoms with Crippen LogP contribution < -0.4 is 0 Å². The predicted octanol–water partition coefficient (Wildman–Crippen LogP) is 3.36. The Morgan fingerprint density at radius 1 is 1.53 bits per heavy atom. The maximum absolute atomic E-state index is 10.7. The van der Waals surface area contributed by atoms with Crippen LogP contribution in [0, 0.1) is 5.92 Å². The lowest BCUT2D eigenvalue weighted by Crippen LogP contribution is -2.11. The molecule has 19 heavy (non-hydrogen) atoms. The first kappa shape index (κ1) is 13.9. The SMILES string of the molecule is CCn1c(CC(C)CC(=O)O)nc2cc(Cl)ccc21. The molecule has 2 aromatic rings. The van der Waals surface area contributed by atoms with Crippen LogP contribution >= 0.6 is 11.6 Å². The summed E-state index contributed by atoms with van der Waals surface area (Å²) in [5.74, 6) is 0.221. The van der Waals surface area contributed by atoms with Crippen LogP contribution in [0.2, 0.25) is 5.02 Å². The minimum absolute atomic E-state index is 0.0649. The van der Waals surface area contributed by atoms with Crippen molar-refractivity contribution in [3.05, 3.63) is 29.0 Å². The second-order valence-corrected chi connectivity index (χ2v) is 5.25. The number of halogens is 1. The van der Waals surface area contributed by atoms with Gasteiger partial charge in [-0.25, -0.2) is 4.98 Å². The highest BCUT2D eigenvalue weighted by Crippen LogP contribution is 2.22. The highest BCUT2D eigenvalue weighted by atomic mass is 35.5. The molecule has 1 N–H and O–H groups in total. The Kier molecular flexibility index (Phi) is 4.10. The fourth-order valence-electron chi connectivity index (χ4n) is 2.34. The number of hydrogen-bond donors (Lipinski definition) is 1. The summed E-state index contributed by atoms with van der Waals surface area (Å²) in [6.45, 7) is 4.80. The van der Waals surface area contributed by atoms with Crippen molar-refractivity contribution in [1.29, 1.82) is 0 Å². The van der Waals surface area contributed by atoms with Gasteiger partial charge in [0.05, 0.1) is 11.0 Å². The number of aryl methyl sites for hydroxylation is 1.